The molecule has 0 N–H and O–H groups in total. The number of nitrogens with zero attached hydrogens (tertiary/aromatic N) is 1. The van der Waals surface area contributed by atoms with E-state index in [9.17, 15) is 14.9 Å². The van der Waals surface area contributed by atoms with Crippen LogP contribution < -0.4 is 14.9 Å². The molecule has 0 aliphatic carbocycles. The van der Waals surface area contributed by atoms with E-state index < -0.39 is 4.92 Å². The van der Waals surface area contributed by atoms with Crippen LogP contribution in [-0.2, 0) is 6.61 Å². The lowest BCUT2D eigenvalue weighted by Crippen LogP contribution is -2.05. The first-order chi connectivity index (χ1) is 14.5. The van der Waals surface area contributed by atoms with Crippen LogP contribution in [0.25, 0.3) is 22.1 Å². The van der Waals surface area contributed by atoms with Gasteiger partial charge in [-0.3, -0.25) is 14.9 Å². The first kappa shape index (κ1) is 19.2. The third-order valence-electron chi connectivity index (χ3n) is 4.70. The predicted molar refractivity (Wildman–Crippen MR) is 112 cm³/mol. The van der Waals surface area contributed by atoms with Crippen LogP contribution in [0.5, 0.6) is 11.5 Å². The van der Waals surface area contributed by atoms with Crippen LogP contribution in [0.15, 0.2) is 82.2 Å². The molecule has 0 aliphatic rings. The number of nitro benzene ring substituents is 1. The van der Waals surface area contributed by atoms with Gasteiger partial charge < -0.3 is 13.9 Å². The summed E-state index contributed by atoms with van der Waals surface area (Å²) >= 11 is 0. The Morgan fingerprint density at radius 3 is 2.33 bits per heavy atom. The molecule has 150 valence electrons. The van der Waals surface area contributed by atoms with Crippen LogP contribution in [-0.4, -0.2) is 12.0 Å². The van der Waals surface area contributed by atoms with E-state index in [1.165, 1.54) is 18.4 Å². The highest BCUT2D eigenvalue weighted by molar-refractivity contribution is 5.82. The zero-order valence-electron chi connectivity index (χ0n) is 16.0. The monoisotopic (exact) mass is 403 g/mol. The van der Waals surface area contributed by atoms with Crippen molar-refractivity contribution in [2.45, 2.75) is 6.61 Å². The van der Waals surface area contributed by atoms with Gasteiger partial charge in [-0.2, -0.15) is 0 Å². The molecule has 7 heteroatoms. The molecule has 1 aromatic heterocycles. The fourth-order valence-corrected chi connectivity index (χ4v) is 3.05. The van der Waals surface area contributed by atoms with Gasteiger partial charge in [0.2, 0.25) is 0 Å². The van der Waals surface area contributed by atoms with Crippen LogP contribution in [0.4, 0.5) is 5.69 Å². The molecule has 0 aliphatic heterocycles. The average Bonchev–Trinajstić information content (AvgIpc) is 2.78. The van der Waals surface area contributed by atoms with Gasteiger partial charge in [0.1, 0.15) is 30.0 Å². The van der Waals surface area contributed by atoms with Crippen molar-refractivity contribution in [3.8, 4) is 22.6 Å². The summed E-state index contributed by atoms with van der Waals surface area (Å²) in [7, 11) is 1.58. The molecule has 0 unspecified atom stereocenters. The Bertz CT molecular complexity index is 1260. The van der Waals surface area contributed by atoms with Crippen molar-refractivity contribution in [3.63, 3.8) is 0 Å². The van der Waals surface area contributed by atoms with Gasteiger partial charge in [-0.1, -0.05) is 12.1 Å². The Hall–Kier alpha value is -4.13. The zero-order valence-corrected chi connectivity index (χ0v) is 16.0. The highest BCUT2D eigenvalue weighted by atomic mass is 16.6. The largest absolute Gasteiger partial charge is 0.497 e. The highest BCUT2D eigenvalue weighted by Crippen LogP contribution is 2.25. The fourth-order valence-electron chi connectivity index (χ4n) is 3.05. The molecule has 0 atom stereocenters. The summed E-state index contributed by atoms with van der Waals surface area (Å²) in [4.78, 5) is 23.1. The van der Waals surface area contributed by atoms with Gasteiger partial charge in [0, 0.05) is 18.2 Å². The Labute approximate surface area is 171 Å². The predicted octanol–water partition coefficient (Wildman–Crippen LogP) is 4.96. The van der Waals surface area contributed by atoms with Gasteiger partial charge >= 0.3 is 0 Å². The maximum atomic E-state index is 12.9. The average molecular weight is 403 g/mol. The molecule has 1 heterocycles. The molecule has 4 aromatic rings. The van der Waals surface area contributed by atoms with Gasteiger partial charge in [-0.15, -0.1) is 0 Å². The van der Waals surface area contributed by atoms with E-state index in [-0.39, 0.29) is 17.7 Å². The van der Waals surface area contributed by atoms with E-state index >= 15 is 0 Å². The molecular weight excluding hydrogens is 386 g/mol. The van der Waals surface area contributed by atoms with Crippen molar-refractivity contribution in [3.05, 3.63) is 98.9 Å². The van der Waals surface area contributed by atoms with Crippen molar-refractivity contribution in [2.24, 2.45) is 0 Å². The number of benzene rings is 3. The molecule has 0 radical (unpaired) electrons. The number of ether oxygens (including phenoxy) is 2. The van der Waals surface area contributed by atoms with Gasteiger partial charge in [-0.05, 0) is 47.5 Å². The van der Waals surface area contributed by atoms with Crippen LogP contribution in [0.3, 0.4) is 0 Å². The number of non-ortho nitro benzene ring substituents is 1. The first-order valence-electron chi connectivity index (χ1n) is 9.11. The van der Waals surface area contributed by atoms with Crippen molar-refractivity contribution in [1.29, 1.82) is 0 Å². The second kappa shape index (κ2) is 8.08. The summed E-state index contributed by atoms with van der Waals surface area (Å²) in [5, 5.41) is 11.2. The number of methoxy groups -OCH3 is 1. The quantitative estimate of drug-likeness (QED) is 0.334. The van der Waals surface area contributed by atoms with Crippen LogP contribution >= 0.6 is 0 Å². The number of rotatable bonds is 6. The molecule has 30 heavy (non-hydrogen) atoms. The van der Waals surface area contributed by atoms with Gasteiger partial charge in [0.25, 0.3) is 5.69 Å². The third-order valence-corrected chi connectivity index (χ3v) is 4.70. The summed E-state index contributed by atoms with van der Waals surface area (Å²) in [6, 6.07) is 18.3. The van der Waals surface area contributed by atoms with Crippen molar-refractivity contribution >= 4 is 16.7 Å². The van der Waals surface area contributed by atoms with Crippen molar-refractivity contribution in [1.82, 2.24) is 0 Å². The third kappa shape index (κ3) is 3.86. The maximum absolute atomic E-state index is 12.9. The van der Waals surface area contributed by atoms with E-state index in [1.54, 1.807) is 61.7 Å². The minimum Gasteiger partial charge on any atom is -0.497 e. The highest BCUT2D eigenvalue weighted by Gasteiger charge is 2.11. The van der Waals surface area contributed by atoms with E-state index in [1.807, 2.05) is 0 Å². The molecule has 0 spiro atoms. The number of fused-ring (bicyclic) bond motifs is 1. The smallest absolute Gasteiger partial charge is 0.269 e. The minimum absolute atomic E-state index is 0.0268. The molecular formula is C23H17NO6. The molecule has 0 bridgehead atoms. The lowest BCUT2D eigenvalue weighted by atomic mass is 10.1. The molecule has 4 rings (SSSR count). The van der Waals surface area contributed by atoms with Crippen LogP contribution in [0.2, 0.25) is 0 Å². The molecule has 0 saturated heterocycles. The standard InChI is InChI=1S/C23H17NO6/c1-28-18-8-4-16(5-9-18)21-14-30-22-12-19(10-11-20(22)23(21)25)29-13-15-2-6-17(7-3-15)24(26)27/h2-12,14H,13H2,1H3. The summed E-state index contributed by atoms with van der Waals surface area (Å²) in [5.74, 6) is 1.24. The van der Waals surface area contributed by atoms with E-state index in [2.05, 4.69) is 0 Å². The first-order valence-corrected chi connectivity index (χ1v) is 9.11. The van der Waals surface area contributed by atoms with E-state index in [0.717, 1.165) is 11.1 Å². The lowest BCUT2D eigenvalue weighted by molar-refractivity contribution is -0.384. The summed E-state index contributed by atoms with van der Waals surface area (Å²) < 4.78 is 16.6. The Balaban J connectivity index is 1.55. The summed E-state index contributed by atoms with van der Waals surface area (Å²) in [5.41, 5.74) is 2.30. The van der Waals surface area contributed by atoms with Gasteiger partial charge in [0.15, 0.2) is 5.43 Å². The van der Waals surface area contributed by atoms with Gasteiger partial charge in [-0.25, -0.2) is 0 Å². The molecule has 3 aromatic carbocycles. The topological polar surface area (TPSA) is 91.8 Å². The van der Waals surface area contributed by atoms with Crippen LogP contribution in [0, 0.1) is 10.1 Å². The number of nitro groups is 1. The van der Waals surface area contributed by atoms with E-state index in [4.69, 9.17) is 13.9 Å². The molecule has 0 saturated carbocycles. The van der Waals surface area contributed by atoms with Gasteiger partial charge in [0.05, 0.1) is 23.0 Å². The van der Waals surface area contributed by atoms with Crippen molar-refractivity contribution < 1.29 is 18.8 Å². The fraction of sp³-hybridized carbons (Fsp3) is 0.0870. The Morgan fingerprint density at radius 2 is 1.67 bits per heavy atom. The zero-order chi connectivity index (χ0) is 21.1. The normalized spacial score (nSPS) is 10.7. The minimum atomic E-state index is -0.448. The number of hydrogen-bond acceptors (Lipinski definition) is 6. The second-order valence-corrected chi connectivity index (χ2v) is 6.58. The Morgan fingerprint density at radius 1 is 0.967 bits per heavy atom. The van der Waals surface area contributed by atoms with Crippen LogP contribution in [0.1, 0.15) is 5.56 Å². The molecule has 0 amide bonds. The maximum Gasteiger partial charge on any atom is 0.269 e. The Kier molecular flexibility index (Phi) is 5.17. The van der Waals surface area contributed by atoms with E-state index in [0.29, 0.717) is 28.0 Å². The number of hydrogen-bond donors (Lipinski definition) is 0. The van der Waals surface area contributed by atoms with Crippen molar-refractivity contribution in [2.75, 3.05) is 7.11 Å². The molecule has 0 fully saturated rings. The SMILES string of the molecule is COc1ccc(-c2coc3cc(OCc4ccc([N+](=O)[O-])cc4)ccc3c2=O)cc1. The molecule has 7 nitrogen and oxygen atoms in total. The second-order valence-electron chi connectivity index (χ2n) is 6.58. The summed E-state index contributed by atoms with van der Waals surface area (Å²) in [6.45, 7) is 0.234. The summed E-state index contributed by atoms with van der Waals surface area (Å²) in [6.07, 6.45) is 1.44. The lowest BCUT2D eigenvalue weighted by Gasteiger charge is -2.08.